The number of methoxy groups -OCH3 is 1. The Kier molecular flexibility index (Phi) is 2.37. The van der Waals surface area contributed by atoms with Gasteiger partial charge in [0.1, 0.15) is 5.75 Å². The molecular formula is C10H11NO3. The van der Waals surface area contributed by atoms with Crippen LogP contribution in [0.2, 0.25) is 0 Å². The molecule has 74 valence electrons. The molecule has 1 heterocycles. The Morgan fingerprint density at radius 3 is 2.64 bits per heavy atom. The summed E-state index contributed by atoms with van der Waals surface area (Å²) in [6, 6.07) is 7.17. The first-order valence-corrected chi connectivity index (χ1v) is 4.36. The summed E-state index contributed by atoms with van der Waals surface area (Å²) in [4.78, 5) is 11.3. The standard InChI is InChI=1S/C10H11NO3/c1-13-8-4-2-7(3-5-8)11-10(12)9-6-14-9/h2-5,9H,6H2,1H3,(H,11,12)/t9-/m1/s1. The number of anilines is 1. The van der Waals surface area contributed by atoms with Gasteiger partial charge < -0.3 is 14.8 Å². The van der Waals surface area contributed by atoms with Crippen LogP contribution in [0.1, 0.15) is 0 Å². The maximum absolute atomic E-state index is 11.3. The fourth-order valence-electron chi connectivity index (χ4n) is 1.10. The van der Waals surface area contributed by atoms with Crippen LogP contribution < -0.4 is 10.1 Å². The van der Waals surface area contributed by atoms with Gasteiger partial charge in [-0.25, -0.2) is 0 Å². The molecule has 1 fully saturated rings. The molecule has 1 saturated heterocycles. The normalized spacial score (nSPS) is 18.8. The summed E-state index contributed by atoms with van der Waals surface area (Å²) in [5.74, 6) is 0.681. The summed E-state index contributed by atoms with van der Waals surface area (Å²) in [5, 5.41) is 2.74. The zero-order valence-corrected chi connectivity index (χ0v) is 7.82. The summed E-state index contributed by atoms with van der Waals surface area (Å²) in [6.07, 6.45) is -0.253. The lowest BCUT2D eigenvalue weighted by atomic mass is 10.3. The molecule has 0 bridgehead atoms. The second-order valence-corrected chi connectivity index (χ2v) is 3.04. The number of carbonyl (C=O) groups excluding carboxylic acids is 1. The van der Waals surface area contributed by atoms with Crippen molar-refractivity contribution in [2.75, 3.05) is 19.0 Å². The van der Waals surface area contributed by atoms with Crippen LogP contribution in [0.3, 0.4) is 0 Å². The number of carbonyl (C=O) groups is 1. The minimum Gasteiger partial charge on any atom is -0.497 e. The van der Waals surface area contributed by atoms with E-state index in [-0.39, 0.29) is 12.0 Å². The Morgan fingerprint density at radius 2 is 2.14 bits per heavy atom. The van der Waals surface area contributed by atoms with E-state index in [9.17, 15) is 4.79 Å². The monoisotopic (exact) mass is 193 g/mol. The van der Waals surface area contributed by atoms with Crippen molar-refractivity contribution in [2.45, 2.75) is 6.10 Å². The molecule has 4 heteroatoms. The first-order chi connectivity index (χ1) is 6.79. The minimum atomic E-state index is -0.253. The Labute approximate surface area is 81.8 Å². The molecule has 0 unspecified atom stereocenters. The van der Waals surface area contributed by atoms with Gasteiger partial charge in [0.2, 0.25) is 0 Å². The molecule has 0 aliphatic carbocycles. The van der Waals surface area contributed by atoms with Crippen LogP contribution in [0.5, 0.6) is 5.75 Å². The number of nitrogens with one attached hydrogen (secondary N) is 1. The molecule has 1 aliphatic heterocycles. The van der Waals surface area contributed by atoms with E-state index in [0.717, 1.165) is 11.4 Å². The molecule has 0 aromatic heterocycles. The van der Waals surface area contributed by atoms with Crippen LogP contribution in [0.4, 0.5) is 5.69 Å². The zero-order valence-electron chi connectivity index (χ0n) is 7.82. The van der Waals surface area contributed by atoms with E-state index in [1.807, 2.05) is 0 Å². The third kappa shape index (κ3) is 2.03. The maximum Gasteiger partial charge on any atom is 0.255 e. The van der Waals surface area contributed by atoms with Gasteiger partial charge in [-0.15, -0.1) is 0 Å². The smallest absolute Gasteiger partial charge is 0.255 e. The molecule has 1 amide bonds. The highest BCUT2D eigenvalue weighted by Gasteiger charge is 2.31. The molecule has 0 spiro atoms. The van der Waals surface area contributed by atoms with Gasteiger partial charge in [-0.3, -0.25) is 4.79 Å². The molecule has 0 radical (unpaired) electrons. The summed E-state index contributed by atoms with van der Waals surface area (Å²) in [5.41, 5.74) is 0.756. The topological polar surface area (TPSA) is 50.9 Å². The Hall–Kier alpha value is -1.55. The van der Waals surface area contributed by atoms with E-state index in [0.29, 0.717) is 6.61 Å². The van der Waals surface area contributed by atoms with Crippen molar-refractivity contribution in [3.8, 4) is 5.75 Å². The number of hydrogen-bond donors (Lipinski definition) is 1. The summed E-state index contributed by atoms with van der Waals surface area (Å²) in [6.45, 7) is 0.530. The van der Waals surface area contributed by atoms with E-state index >= 15 is 0 Å². The lowest BCUT2D eigenvalue weighted by Gasteiger charge is -2.04. The zero-order chi connectivity index (χ0) is 9.97. The third-order valence-corrected chi connectivity index (χ3v) is 1.98. The third-order valence-electron chi connectivity index (χ3n) is 1.98. The van der Waals surface area contributed by atoms with Crippen molar-refractivity contribution in [2.24, 2.45) is 0 Å². The average molecular weight is 193 g/mol. The number of ether oxygens (including phenoxy) is 2. The van der Waals surface area contributed by atoms with Gasteiger partial charge >= 0.3 is 0 Å². The average Bonchev–Trinajstić information content (AvgIpc) is 3.02. The molecule has 1 N–H and O–H groups in total. The predicted octanol–water partition coefficient (Wildman–Crippen LogP) is 1.03. The van der Waals surface area contributed by atoms with Crippen molar-refractivity contribution in [1.82, 2.24) is 0 Å². The quantitative estimate of drug-likeness (QED) is 0.729. The fraction of sp³-hybridized carbons (Fsp3) is 0.300. The van der Waals surface area contributed by atoms with Crippen LogP contribution in [-0.2, 0) is 9.53 Å². The fourth-order valence-corrected chi connectivity index (χ4v) is 1.10. The molecule has 14 heavy (non-hydrogen) atoms. The second-order valence-electron chi connectivity index (χ2n) is 3.04. The van der Waals surface area contributed by atoms with Gasteiger partial charge in [-0.1, -0.05) is 0 Å². The number of hydrogen-bond acceptors (Lipinski definition) is 3. The Balaban J connectivity index is 1.98. The van der Waals surface area contributed by atoms with Gasteiger partial charge in [0.05, 0.1) is 13.7 Å². The van der Waals surface area contributed by atoms with Crippen LogP contribution in [0.25, 0.3) is 0 Å². The van der Waals surface area contributed by atoms with Crippen molar-refractivity contribution >= 4 is 11.6 Å². The van der Waals surface area contributed by atoms with E-state index in [2.05, 4.69) is 5.32 Å². The largest absolute Gasteiger partial charge is 0.497 e. The lowest BCUT2D eigenvalue weighted by molar-refractivity contribution is -0.117. The number of amides is 1. The second kappa shape index (κ2) is 3.67. The van der Waals surface area contributed by atoms with Gasteiger partial charge in [-0.05, 0) is 24.3 Å². The molecule has 2 rings (SSSR count). The minimum absolute atomic E-state index is 0.0878. The highest BCUT2D eigenvalue weighted by molar-refractivity contribution is 5.95. The number of epoxide rings is 1. The first-order valence-electron chi connectivity index (χ1n) is 4.36. The highest BCUT2D eigenvalue weighted by Crippen LogP contribution is 2.17. The molecule has 0 saturated carbocycles. The van der Waals surface area contributed by atoms with Crippen molar-refractivity contribution in [3.05, 3.63) is 24.3 Å². The molecule has 1 aliphatic rings. The molecule has 4 nitrogen and oxygen atoms in total. The Morgan fingerprint density at radius 1 is 1.50 bits per heavy atom. The van der Waals surface area contributed by atoms with Crippen molar-refractivity contribution in [3.63, 3.8) is 0 Å². The lowest BCUT2D eigenvalue weighted by Crippen LogP contribution is -2.17. The molecule has 1 aromatic rings. The van der Waals surface area contributed by atoms with Crippen LogP contribution in [0, 0.1) is 0 Å². The van der Waals surface area contributed by atoms with Gasteiger partial charge in [0.25, 0.3) is 5.91 Å². The van der Waals surface area contributed by atoms with Crippen LogP contribution in [-0.4, -0.2) is 25.7 Å². The Bertz CT molecular complexity index is 330. The van der Waals surface area contributed by atoms with Crippen LogP contribution in [0.15, 0.2) is 24.3 Å². The van der Waals surface area contributed by atoms with Gasteiger partial charge in [0, 0.05) is 5.69 Å². The predicted molar refractivity (Wildman–Crippen MR) is 51.4 cm³/mol. The molecular weight excluding hydrogens is 182 g/mol. The number of benzene rings is 1. The van der Waals surface area contributed by atoms with Gasteiger partial charge in [-0.2, -0.15) is 0 Å². The van der Waals surface area contributed by atoms with Crippen molar-refractivity contribution in [1.29, 1.82) is 0 Å². The van der Waals surface area contributed by atoms with E-state index < -0.39 is 0 Å². The van der Waals surface area contributed by atoms with E-state index in [1.54, 1.807) is 31.4 Å². The first kappa shape index (κ1) is 9.02. The number of rotatable bonds is 3. The van der Waals surface area contributed by atoms with E-state index in [4.69, 9.17) is 9.47 Å². The van der Waals surface area contributed by atoms with Crippen molar-refractivity contribution < 1.29 is 14.3 Å². The summed E-state index contributed by atoms with van der Waals surface area (Å²) < 4.78 is 9.85. The summed E-state index contributed by atoms with van der Waals surface area (Å²) >= 11 is 0. The summed E-state index contributed by atoms with van der Waals surface area (Å²) in [7, 11) is 1.60. The van der Waals surface area contributed by atoms with Crippen LogP contribution >= 0.6 is 0 Å². The molecule has 1 aromatic carbocycles. The highest BCUT2D eigenvalue weighted by atomic mass is 16.6. The molecule has 1 atom stereocenters. The van der Waals surface area contributed by atoms with Gasteiger partial charge in [0.15, 0.2) is 6.10 Å². The maximum atomic E-state index is 11.3. The van der Waals surface area contributed by atoms with E-state index in [1.165, 1.54) is 0 Å². The SMILES string of the molecule is COc1ccc(NC(=O)[C@H]2CO2)cc1.